The van der Waals surface area contributed by atoms with Gasteiger partial charge in [-0.15, -0.1) is 0 Å². The van der Waals surface area contributed by atoms with E-state index in [2.05, 4.69) is 17.3 Å². The predicted molar refractivity (Wildman–Crippen MR) is 77.3 cm³/mol. The van der Waals surface area contributed by atoms with Gasteiger partial charge >= 0.3 is 0 Å². The number of likely N-dealkylation sites (N-methyl/N-ethyl adjacent to an activating group) is 1. The number of piperidine rings is 1. The Morgan fingerprint density at radius 1 is 1.42 bits per heavy atom. The Morgan fingerprint density at radius 3 is 2.58 bits per heavy atom. The summed E-state index contributed by atoms with van der Waals surface area (Å²) in [4.78, 5) is 12.4. The smallest absolute Gasteiger partial charge is 0.272 e. The van der Waals surface area contributed by atoms with Gasteiger partial charge in [0.2, 0.25) is 0 Å². The van der Waals surface area contributed by atoms with E-state index in [0.29, 0.717) is 5.69 Å². The van der Waals surface area contributed by atoms with Crippen molar-refractivity contribution in [3.63, 3.8) is 0 Å². The Hall–Kier alpha value is -1.04. The summed E-state index contributed by atoms with van der Waals surface area (Å²) < 4.78 is 0. The highest BCUT2D eigenvalue weighted by Gasteiger charge is 2.20. The van der Waals surface area contributed by atoms with Gasteiger partial charge in [0.05, 0.1) is 20.7 Å². The largest absolute Gasteiger partial charge is 0.379 e. The number of anilines is 1. The zero-order chi connectivity index (χ0) is 14.0. The van der Waals surface area contributed by atoms with Gasteiger partial charge in [-0.25, -0.2) is 0 Å². The summed E-state index contributed by atoms with van der Waals surface area (Å²) in [5.74, 6) is 0. The maximum Gasteiger partial charge on any atom is 0.272 e. The Bertz CT molecular complexity index is 473. The molecule has 0 radical (unpaired) electrons. The normalized spacial score (nSPS) is 20.3. The molecule has 2 rings (SSSR count). The zero-order valence-electron chi connectivity index (χ0n) is 10.5. The molecule has 1 unspecified atom stereocenters. The van der Waals surface area contributed by atoms with Crippen LogP contribution in [0.5, 0.6) is 0 Å². The number of hydrogen-bond acceptors (Lipinski definition) is 4. The molecule has 104 valence electrons. The first-order valence-electron chi connectivity index (χ1n) is 6.06. The van der Waals surface area contributed by atoms with E-state index in [1.54, 1.807) is 0 Å². The monoisotopic (exact) mass is 303 g/mol. The molecular weight excluding hydrogens is 289 g/mol. The number of nitrogens with zero attached hydrogens (tertiary/aromatic N) is 2. The average molecular weight is 304 g/mol. The summed E-state index contributed by atoms with van der Waals surface area (Å²) >= 11 is 12.1. The van der Waals surface area contributed by atoms with E-state index in [0.717, 1.165) is 25.9 Å². The van der Waals surface area contributed by atoms with Crippen molar-refractivity contribution in [3.8, 4) is 0 Å². The Morgan fingerprint density at radius 2 is 2.05 bits per heavy atom. The Kier molecular flexibility index (Phi) is 4.50. The first-order valence-corrected chi connectivity index (χ1v) is 6.81. The van der Waals surface area contributed by atoms with Crippen LogP contribution in [0.25, 0.3) is 0 Å². The minimum Gasteiger partial charge on any atom is -0.379 e. The van der Waals surface area contributed by atoms with Crippen molar-refractivity contribution in [2.24, 2.45) is 0 Å². The van der Waals surface area contributed by atoms with Crippen LogP contribution >= 0.6 is 23.2 Å². The van der Waals surface area contributed by atoms with E-state index in [4.69, 9.17) is 23.2 Å². The first-order chi connectivity index (χ1) is 8.97. The van der Waals surface area contributed by atoms with Crippen molar-refractivity contribution in [1.82, 2.24) is 4.90 Å². The molecule has 0 saturated carbocycles. The van der Waals surface area contributed by atoms with Crippen LogP contribution in [0.2, 0.25) is 10.0 Å². The molecule has 1 fully saturated rings. The van der Waals surface area contributed by atoms with E-state index in [9.17, 15) is 10.1 Å². The molecular formula is C12H15Cl2N3O2. The second-order valence-corrected chi connectivity index (χ2v) is 5.60. The fourth-order valence-corrected chi connectivity index (χ4v) is 2.88. The van der Waals surface area contributed by atoms with Crippen LogP contribution < -0.4 is 5.32 Å². The van der Waals surface area contributed by atoms with Gasteiger partial charge in [0.15, 0.2) is 0 Å². The SMILES string of the molecule is CN1CCCC(Nc2c(Cl)cc([N+](=O)[O-])cc2Cl)C1. The van der Waals surface area contributed by atoms with Crippen LogP contribution in [-0.4, -0.2) is 36.0 Å². The number of hydrogen-bond donors (Lipinski definition) is 1. The molecule has 0 aliphatic carbocycles. The number of nitrogens with one attached hydrogen (secondary N) is 1. The molecule has 0 spiro atoms. The number of halogens is 2. The number of nitro groups is 1. The van der Waals surface area contributed by atoms with E-state index in [1.165, 1.54) is 12.1 Å². The van der Waals surface area contributed by atoms with Crippen molar-refractivity contribution in [1.29, 1.82) is 0 Å². The average Bonchev–Trinajstić information content (AvgIpc) is 2.33. The van der Waals surface area contributed by atoms with Crippen LogP contribution in [0.15, 0.2) is 12.1 Å². The van der Waals surface area contributed by atoms with Crippen molar-refractivity contribution in [2.45, 2.75) is 18.9 Å². The van der Waals surface area contributed by atoms with E-state index >= 15 is 0 Å². The molecule has 1 aliphatic heterocycles. The van der Waals surface area contributed by atoms with E-state index in [1.807, 2.05) is 0 Å². The van der Waals surface area contributed by atoms with Crippen LogP contribution in [0, 0.1) is 10.1 Å². The number of nitro benzene ring substituents is 1. The van der Waals surface area contributed by atoms with Crippen LogP contribution in [0.3, 0.4) is 0 Å². The second-order valence-electron chi connectivity index (χ2n) is 4.79. The van der Waals surface area contributed by atoms with Crippen LogP contribution in [-0.2, 0) is 0 Å². The van der Waals surface area contributed by atoms with Crippen molar-refractivity contribution >= 4 is 34.6 Å². The third-order valence-corrected chi connectivity index (χ3v) is 3.81. The quantitative estimate of drug-likeness (QED) is 0.687. The maximum atomic E-state index is 10.7. The molecule has 1 aromatic carbocycles. The van der Waals surface area contributed by atoms with Gasteiger partial charge in [-0.1, -0.05) is 23.2 Å². The molecule has 0 aromatic heterocycles. The van der Waals surface area contributed by atoms with Crippen molar-refractivity contribution in [2.75, 3.05) is 25.5 Å². The molecule has 1 aromatic rings. The van der Waals surface area contributed by atoms with Gasteiger partial charge in [0, 0.05) is 24.7 Å². The lowest BCUT2D eigenvalue weighted by atomic mass is 10.1. The zero-order valence-corrected chi connectivity index (χ0v) is 12.0. The lowest BCUT2D eigenvalue weighted by molar-refractivity contribution is -0.384. The number of rotatable bonds is 3. The Balaban J connectivity index is 2.18. The van der Waals surface area contributed by atoms with Gasteiger partial charge in [0.25, 0.3) is 5.69 Å². The van der Waals surface area contributed by atoms with E-state index in [-0.39, 0.29) is 21.8 Å². The maximum absolute atomic E-state index is 10.7. The number of non-ortho nitro benzene ring substituents is 1. The minimum absolute atomic E-state index is 0.0960. The van der Waals surface area contributed by atoms with E-state index < -0.39 is 4.92 Å². The highest BCUT2D eigenvalue weighted by molar-refractivity contribution is 6.39. The third-order valence-electron chi connectivity index (χ3n) is 3.21. The summed E-state index contributed by atoms with van der Waals surface area (Å²) in [5, 5.41) is 14.6. The van der Waals surface area contributed by atoms with Crippen LogP contribution in [0.4, 0.5) is 11.4 Å². The molecule has 0 bridgehead atoms. The summed E-state index contributed by atoms with van der Waals surface area (Å²) in [6, 6.07) is 2.90. The highest BCUT2D eigenvalue weighted by atomic mass is 35.5. The number of likely N-dealkylation sites (tertiary alicyclic amines) is 1. The second kappa shape index (κ2) is 5.94. The van der Waals surface area contributed by atoms with Gasteiger partial charge in [-0.05, 0) is 26.4 Å². The molecule has 1 N–H and O–H groups in total. The van der Waals surface area contributed by atoms with Gasteiger partial charge < -0.3 is 10.2 Å². The highest BCUT2D eigenvalue weighted by Crippen LogP contribution is 2.35. The lowest BCUT2D eigenvalue weighted by Gasteiger charge is -2.31. The molecule has 1 saturated heterocycles. The molecule has 0 amide bonds. The fraction of sp³-hybridized carbons (Fsp3) is 0.500. The predicted octanol–water partition coefficient (Wildman–Crippen LogP) is 3.41. The minimum atomic E-state index is -0.504. The number of benzene rings is 1. The first kappa shape index (κ1) is 14.4. The van der Waals surface area contributed by atoms with Crippen molar-refractivity contribution < 1.29 is 4.92 Å². The lowest BCUT2D eigenvalue weighted by Crippen LogP contribution is -2.39. The third kappa shape index (κ3) is 3.49. The van der Waals surface area contributed by atoms with Crippen molar-refractivity contribution in [3.05, 3.63) is 32.3 Å². The molecule has 7 heteroatoms. The molecule has 5 nitrogen and oxygen atoms in total. The van der Waals surface area contributed by atoms with Gasteiger partial charge in [0.1, 0.15) is 0 Å². The molecule has 1 heterocycles. The molecule has 1 atom stereocenters. The van der Waals surface area contributed by atoms with Gasteiger partial charge in [-0.2, -0.15) is 0 Å². The Labute approximate surface area is 121 Å². The molecule has 1 aliphatic rings. The van der Waals surface area contributed by atoms with Gasteiger partial charge in [-0.3, -0.25) is 10.1 Å². The molecule has 19 heavy (non-hydrogen) atoms. The standard InChI is InChI=1S/C12H15Cl2N3O2/c1-16-4-2-3-8(7-16)15-12-10(13)5-9(17(18)19)6-11(12)14/h5-6,8,15H,2-4,7H2,1H3. The summed E-state index contributed by atoms with van der Waals surface area (Å²) in [6.45, 7) is 1.99. The summed E-state index contributed by atoms with van der Waals surface area (Å²) in [6.07, 6.45) is 2.14. The summed E-state index contributed by atoms with van der Waals surface area (Å²) in [7, 11) is 2.06. The van der Waals surface area contributed by atoms with Crippen LogP contribution in [0.1, 0.15) is 12.8 Å². The fourth-order valence-electron chi connectivity index (χ4n) is 2.29. The summed E-state index contributed by atoms with van der Waals surface area (Å²) in [5.41, 5.74) is 0.482. The topological polar surface area (TPSA) is 58.4 Å².